The van der Waals surface area contributed by atoms with Crippen molar-refractivity contribution in [3.05, 3.63) is 83.6 Å². The fourth-order valence-electron chi connectivity index (χ4n) is 2.20. The minimum absolute atomic E-state index is 0.0609. The largest absolute Gasteiger partial charge is 0.508 e. The van der Waals surface area contributed by atoms with Crippen LogP contribution in [0.2, 0.25) is 0 Å². The van der Waals surface area contributed by atoms with Gasteiger partial charge in [-0.1, -0.05) is 6.07 Å². The van der Waals surface area contributed by atoms with Gasteiger partial charge in [-0.05, 0) is 42.5 Å². The number of carbonyl (C=O) groups excluding carboxylic acids is 1. The highest BCUT2D eigenvalue weighted by atomic mass is 19.1. The van der Waals surface area contributed by atoms with Gasteiger partial charge in [0.15, 0.2) is 11.6 Å². The maximum absolute atomic E-state index is 13.8. The third-order valence-corrected chi connectivity index (χ3v) is 3.52. The number of carbonyl (C=O) groups is 1. The summed E-state index contributed by atoms with van der Waals surface area (Å²) in [7, 11) is 0. The predicted octanol–water partition coefficient (Wildman–Crippen LogP) is 3.79. The second-order valence-electron chi connectivity index (χ2n) is 5.37. The number of pyridine rings is 1. The first-order chi connectivity index (χ1) is 12.5. The number of halogens is 2. The van der Waals surface area contributed by atoms with Crippen LogP contribution in [0.4, 0.5) is 8.78 Å². The van der Waals surface area contributed by atoms with Crippen molar-refractivity contribution in [1.29, 1.82) is 0 Å². The van der Waals surface area contributed by atoms with Gasteiger partial charge in [0.2, 0.25) is 5.88 Å². The second-order valence-corrected chi connectivity index (χ2v) is 5.37. The normalized spacial score (nSPS) is 10.4. The minimum atomic E-state index is -0.852. The summed E-state index contributed by atoms with van der Waals surface area (Å²) in [6, 6.07) is 12.1. The van der Waals surface area contributed by atoms with Crippen molar-refractivity contribution in [1.82, 2.24) is 10.3 Å². The number of amides is 1. The first kappa shape index (κ1) is 17.3. The number of phenolic OH excluding ortho intramolecular Hbond substituents is 1. The van der Waals surface area contributed by atoms with Crippen LogP contribution in [0.1, 0.15) is 15.9 Å². The SMILES string of the molecule is O=C(NCc1cccnc1Oc1ccc(F)cc1F)c1ccc(O)cc1. The minimum Gasteiger partial charge on any atom is -0.508 e. The fraction of sp³-hybridized carbons (Fsp3) is 0.0526. The van der Waals surface area contributed by atoms with Crippen LogP contribution in [0.25, 0.3) is 0 Å². The van der Waals surface area contributed by atoms with Crippen LogP contribution < -0.4 is 10.1 Å². The number of nitrogens with zero attached hydrogens (tertiary/aromatic N) is 1. The zero-order valence-corrected chi connectivity index (χ0v) is 13.4. The Kier molecular flexibility index (Phi) is 5.07. The molecule has 0 aliphatic heterocycles. The van der Waals surface area contributed by atoms with Gasteiger partial charge in [-0.2, -0.15) is 0 Å². The summed E-state index contributed by atoms with van der Waals surface area (Å²) in [6.07, 6.45) is 1.46. The quantitative estimate of drug-likeness (QED) is 0.730. The number of ether oxygens (including phenoxy) is 1. The van der Waals surface area contributed by atoms with E-state index in [0.29, 0.717) is 17.2 Å². The summed E-state index contributed by atoms with van der Waals surface area (Å²) in [6.45, 7) is 0.0890. The summed E-state index contributed by atoms with van der Waals surface area (Å²) < 4.78 is 32.2. The zero-order chi connectivity index (χ0) is 18.5. The predicted molar refractivity (Wildman–Crippen MR) is 89.9 cm³/mol. The molecule has 0 saturated heterocycles. The Hall–Kier alpha value is -3.48. The van der Waals surface area contributed by atoms with Gasteiger partial charge in [0.05, 0.1) is 0 Å². The summed E-state index contributed by atoms with van der Waals surface area (Å²) in [5, 5.41) is 11.9. The molecule has 3 aromatic rings. The van der Waals surface area contributed by atoms with Crippen molar-refractivity contribution < 1.29 is 23.4 Å². The molecule has 2 N–H and O–H groups in total. The lowest BCUT2D eigenvalue weighted by Gasteiger charge is -2.11. The third-order valence-electron chi connectivity index (χ3n) is 3.52. The Balaban J connectivity index is 1.73. The van der Waals surface area contributed by atoms with Gasteiger partial charge in [0, 0.05) is 29.9 Å². The number of hydrogen-bond donors (Lipinski definition) is 2. The number of nitrogens with one attached hydrogen (secondary N) is 1. The van der Waals surface area contributed by atoms with Gasteiger partial charge in [0.1, 0.15) is 11.6 Å². The van der Waals surface area contributed by atoms with Crippen LogP contribution >= 0.6 is 0 Å². The number of benzene rings is 2. The Labute approximate surface area is 147 Å². The molecule has 0 saturated carbocycles. The average molecular weight is 356 g/mol. The summed E-state index contributed by atoms with van der Waals surface area (Å²) in [4.78, 5) is 16.2. The van der Waals surface area contributed by atoms with Crippen molar-refractivity contribution in [3.8, 4) is 17.4 Å². The highest BCUT2D eigenvalue weighted by molar-refractivity contribution is 5.94. The van der Waals surface area contributed by atoms with E-state index in [1.54, 1.807) is 12.1 Å². The first-order valence-corrected chi connectivity index (χ1v) is 7.67. The van der Waals surface area contributed by atoms with Crippen LogP contribution in [-0.2, 0) is 6.54 Å². The molecular formula is C19H14F2N2O3. The van der Waals surface area contributed by atoms with Gasteiger partial charge >= 0.3 is 0 Å². The molecule has 0 aliphatic rings. The lowest BCUT2D eigenvalue weighted by atomic mass is 10.2. The van der Waals surface area contributed by atoms with Crippen LogP contribution in [0, 0.1) is 11.6 Å². The maximum Gasteiger partial charge on any atom is 0.251 e. The van der Waals surface area contributed by atoms with E-state index >= 15 is 0 Å². The van der Waals surface area contributed by atoms with E-state index < -0.39 is 11.6 Å². The van der Waals surface area contributed by atoms with E-state index in [2.05, 4.69) is 10.3 Å². The van der Waals surface area contributed by atoms with Gasteiger partial charge in [-0.3, -0.25) is 4.79 Å². The molecule has 0 unspecified atom stereocenters. The van der Waals surface area contributed by atoms with E-state index in [9.17, 15) is 18.7 Å². The Bertz CT molecular complexity index is 930. The van der Waals surface area contributed by atoms with Crippen LogP contribution in [-0.4, -0.2) is 16.0 Å². The second kappa shape index (κ2) is 7.60. The lowest BCUT2D eigenvalue weighted by molar-refractivity contribution is 0.0950. The van der Waals surface area contributed by atoms with Gasteiger partial charge in [-0.15, -0.1) is 0 Å². The van der Waals surface area contributed by atoms with E-state index in [0.717, 1.165) is 12.1 Å². The van der Waals surface area contributed by atoms with Crippen molar-refractivity contribution in [2.24, 2.45) is 0 Å². The Morgan fingerprint density at radius 3 is 2.62 bits per heavy atom. The Morgan fingerprint density at radius 2 is 1.88 bits per heavy atom. The van der Waals surface area contributed by atoms with Crippen LogP contribution in [0.15, 0.2) is 60.8 Å². The third kappa shape index (κ3) is 4.13. The molecule has 0 fully saturated rings. The molecule has 1 aromatic heterocycles. The average Bonchev–Trinajstić information content (AvgIpc) is 2.63. The molecule has 5 nitrogen and oxygen atoms in total. The van der Waals surface area contributed by atoms with Crippen molar-refractivity contribution >= 4 is 5.91 Å². The summed E-state index contributed by atoms with van der Waals surface area (Å²) in [5.74, 6) is -1.93. The van der Waals surface area contributed by atoms with Gasteiger partial charge in [0.25, 0.3) is 5.91 Å². The zero-order valence-electron chi connectivity index (χ0n) is 13.4. The molecule has 26 heavy (non-hydrogen) atoms. The number of phenols is 1. The maximum atomic E-state index is 13.8. The summed E-state index contributed by atoms with van der Waals surface area (Å²) in [5.41, 5.74) is 0.891. The van der Waals surface area contributed by atoms with Gasteiger partial charge in [-0.25, -0.2) is 13.8 Å². The highest BCUT2D eigenvalue weighted by Gasteiger charge is 2.12. The number of aromatic hydroxyl groups is 1. The number of aromatic nitrogens is 1. The molecule has 0 bridgehead atoms. The molecule has 1 amide bonds. The molecule has 0 aliphatic carbocycles. The molecule has 7 heteroatoms. The standard InChI is InChI=1S/C19H14F2N2O3/c20-14-5-8-17(16(21)10-14)26-19-13(2-1-9-22-19)11-23-18(25)12-3-6-15(24)7-4-12/h1-10,24H,11H2,(H,23,25). The van der Waals surface area contributed by atoms with Crippen molar-refractivity contribution in [2.75, 3.05) is 0 Å². The summed E-state index contributed by atoms with van der Waals surface area (Å²) >= 11 is 0. The van der Waals surface area contributed by atoms with Crippen molar-refractivity contribution in [3.63, 3.8) is 0 Å². The lowest BCUT2D eigenvalue weighted by Crippen LogP contribution is -2.23. The highest BCUT2D eigenvalue weighted by Crippen LogP contribution is 2.26. The van der Waals surface area contributed by atoms with Crippen molar-refractivity contribution in [2.45, 2.75) is 6.54 Å². The Morgan fingerprint density at radius 1 is 1.12 bits per heavy atom. The molecular weight excluding hydrogens is 342 g/mol. The first-order valence-electron chi connectivity index (χ1n) is 7.67. The monoisotopic (exact) mass is 356 g/mol. The topological polar surface area (TPSA) is 71.5 Å². The van der Waals surface area contributed by atoms with E-state index in [4.69, 9.17) is 4.74 Å². The molecule has 3 rings (SSSR count). The molecule has 132 valence electrons. The van der Waals surface area contributed by atoms with E-state index in [1.165, 1.54) is 30.5 Å². The van der Waals surface area contributed by atoms with Crippen LogP contribution in [0.3, 0.4) is 0 Å². The van der Waals surface area contributed by atoms with E-state index in [1.807, 2.05) is 0 Å². The smallest absolute Gasteiger partial charge is 0.251 e. The van der Waals surface area contributed by atoms with E-state index in [-0.39, 0.29) is 29.8 Å². The van der Waals surface area contributed by atoms with Crippen LogP contribution in [0.5, 0.6) is 17.4 Å². The van der Waals surface area contributed by atoms with Gasteiger partial charge < -0.3 is 15.2 Å². The molecule has 0 atom stereocenters. The molecule has 0 radical (unpaired) electrons. The molecule has 1 heterocycles. The number of hydrogen-bond acceptors (Lipinski definition) is 4. The molecule has 2 aromatic carbocycles. The number of rotatable bonds is 5. The molecule has 0 spiro atoms. The fourth-order valence-corrected chi connectivity index (χ4v) is 2.20.